The van der Waals surface area contributed by atoms with Crippen molar-refractivity contribution >= 4 is 43.2 Å². The highest BCUT2D eigenvalue weighted by Crippen LogP contribution is 2.62. The molecule has 0 spiro atoms. The third-order valence-electron chi connectivity index (χ3n) is 4.25. The number of hydrogen-bond donors (Lipinski definition) is 1. The average molecular weight is 379 g/mol. The molecule has 1 heterocycles. The first kappa shape index (κ1) is 12.6. The van der Waals surface area contributed by atoms with Crippen molar-refractivity contribution in [2.45, 2.75) is 32.2 Å². The Morgan fingerprint density at radius 1 is 1.41 bits per heavy atom. The van der Waals surface area contributed by atoms with Gasteiger partial charge in [-0.2, -0.15) is 0 Å². The topological polar surface area (TPSA) is 12.0 Å². The van der Waals surface area contributed by atoms with Crippen molar-refractivity contribution in [3.8, 4) is 0 Å². The van der Waals surface area contributed by atoms with Crippen LogP contribution in [-0.4, -0.2) is 6.54 Å². The molecule has 1 N–H and O–H groups in total. The number of hydrogen-bond acceptors (Lipinski definition) is 2. The summed E-state index contributed by atoms with van der Waals surface area (Å²) in [5.41, 5.74) is 0. The molecule has 3 rings (SSSR count). The van der Waals surface area contributed by atoms with Gasteiger partial charge in [-0.05, 0) is 75.1 Å². The van der Waals surface area contributed by atoms with E-state index in [2.05, 4.69) is 50.2 Å². The molecule has 0 aromatic carbocycles. The summed E-state index contributed by atoms with van der Waals surface area (Å²) in [7, 11) is 0. The van der Waals surface area contributed by atoms with Gasteiger partial charge in [-0.3, -0.25) is 0 Å². The summed E-state index contributed by atoms with van der Waals surface area (Å²) >= 11 is 9.09. The summed E-state index contributed by atoms with van der Waals surface area (Å²) in [4.78, 5) is 1.49. The van der Waals surface area contributed by atoms with Crippen molar-refractivity contribution in [1.82, 2.24) is 5.32 Å². The fourth-order valence-corrected chi connectivity index (χ4v) is 5.76. The molecule has 1 aromatic heterocycles. The van der Waals surface area contributed by atoms with Crippen LogP contribution in [0.2, 0.25) is 0 Å². The molecular weight excluding hydrogens is 362 g/mol. The minimum atomic E-state index is 0.586. The molecule has 17 heavy (non-hydrogen) atoms. The molecule has 0 bridgehead atoms. The monoisotopic (exact) mass is 377 g/mol. The summed E-state index contributed by atoms with van der Waals surface area (Å²) in [5.74, 6) is 2.93. The molecule has 0 aliphatic heterocycles. The molecule has 3 unspecified atom stereocenters. The van der Waals surface area contributed by atoms with Crippen molar-refractivity contribution in [2.24, 2.45) is 17.8 Å². The fraction of sp³-hybridized carbons (Fsp3) is 0.692. The van der Waals surface area contributed by atoms with Gasteiger partial charge in [-0.15, -0.1) is 11.3 Å². The number of rotatable bonds is 4. The zero-order chi connectivity index (χ0) is 12.0. The van der Waals surface area contributed by atoms with Crippen LogP contribution in [0.1, 0.15) is 37.1 Å². The van der Waals surface area contributed by atoms with Crippen LogP contribution in [0, 0.1) is 17.8 Å². The first-order valence-corrected chi connectivity index (χ1v) is 8.80. The Hall–Kier alpha value is 0.620. The lowest BCUT2D eigenvalue weighted by molar-refractivity contribution is 0.431. The van der Waals surface area contributed by atoms with Crippen LogP contribution in [-0.2, 0) is 0 Å². The van der Waals surface area contributed by atoms with Gasteiger partial charge >= 0.3 is 0 Å². The van der Waals surface area contributed by atoms with E-state index in [1.807, 2.05) is 11.3 Å². The molecule has 2 aliphatic rings. The molecule has 4 heteroatoms. The Morgan fingerprint density at radius 2 is 2.12 bits per heavy atom. The van der Waals surface area contributed by atoms with Crippen LogP contribution in [0.15, 0.2) is 14.3 Å². The maximum atomic E-state index is 3.70. The first-order chi connectivity index (χ1) is 8.22. The highest BCUT2D eigenvalue weighted by molar-refractivity contribution is 9.13. The Kier molecular flexibility index (Phi) is 3.68. The number of halogens is 2. The standard InChI is InChI=1S/C13H17Br2NS/c1-2-16-12(10-6-9(14)13(15)17-10)11-7-4-3-5-8(7)11/h6-8,11-12,16H,2-5H2,1H3. The van der Waals surface area contributed by atoms with E-state index < -0.39 is 0 Å². The molecule has 3 atom stereocenters. The molecule has 0 amide bonds. The second-order valence-electron chi connectivity index (χ2n) is 5.14. The molecule has 2 saturated carbocycles. The van der Waals surface area contributed by atoms with Gasteiger partial charge in [0, 0.05) is 15.4 Å². The summed E-state index contributed by atoms with van der Waals surface area (Å²) < 4.78 is 2.42. The van der Waals surface area contributed by atoms with Crippen LogP contribution in [0.3, 0.4) is 0 Å². The van der Waals surface area contributed by atoms with Crippen molar-refractivity contribution in [2.75, 3.05) is 6.54 Å². The van der Waals surface area contributed by atoms with Crippen LogP contribution in [0.5, 0.6) is 0 Å². The fourth-order valence-electron chi connectivity index (χ4n) is 3.53. The first-order valence-electron chi connectivity index (χ1n) is 6.40. The average Bonchev–Trinajstić information content (AvgIpc) is 2.66. The second kappa shape index (κ2) is 4.95. The molecule has 2 aliphatic carbocycles. The van der Waals surface area contributed by atoms with Gasteiger partial charge in [0.1, 0.15) is 0 Å². The quantitative estimate of drug-likeness (QED) is 0.779. The summed E-state index contributed by atoms with van der Waals surface area (Å²) in [6.07, 6.45) is 4.39. The predicted octanol–water partition coefficient (Wildman–Crippen LogP) is 4.97. The van der Waals surface area contributed by atoms with E-state index in [0.717, 1.165) is 24.3 Å². The van der Waals surface area contributed by atoms with Gasteiger partial charge in [0.15, 0.2) is 0 Å². The lowest BCUT2D eigenvalue weighted by atomic mass is 10.0. The normalized spacial score (nSPS) is 32.5. The smallest absolute Gasteiger partial charge is 0.0843 e. The Balaban J connectivity index is 1.80. The third kappa shape index (κ3) is 2.26. The molecule has 94 valence electrons. The second-order valence-corrected chi connectivity index (χ2v) is 8.40. The number of nitrogens with one attached hydrogen (secondary N) is 1. The molecule has 2 fully saturated rings. The molecule has 1 nitrogen and oxygen atoms in total. The summed E-state index contributed by atoms with van der Waals surface area (Å²) in [5, 5.41) is 3.70. The van der Waals surface area contributed by atoms with Crippen molar-refractivity contribution in [1.29, 1.82) is 0 Å². The molecule has 0 radical (unpaired) electrons. The van der Waals surface area contributed by atoms with Crippen molar-refractivity contribution in [3.63, 3.8) is 0 Å². The van der Waals surface area contributed by atoms with E-state index in [4.69, 9.17) is 0 Å². The van der Waals surface area contributed by atoms with E-state index in [9.17, 15) is 0 Å². The van der Waals surface area contributed by atoms with Crippen LogP contribution >= 0.6 is 43.2 Å². The van der Waals surface area contributed by atoms with Gasteiger partial charge in [-0.1, -0.05) is 13.3 Å². The highest BCUT2D eigenvalue weighted by atomic mass is 79.9. The van der Waals surface area contributed by atoms with Gasteiger partial charge in [0.05, 0.1) is 3.79 Å². The lowest BCUT2D eigenvalue weighted by Gasteiger charge is -2.18. The zero-order valence-corrected chi connectivity index (χ0v) is 13.9. The molecule has 0 saturated heterocycles. The third-order valence-corrected chi connectivity index (χ3v) is 7.59. The number of fused-ring (bicyclic) bond motifs is 1. The molecular formula is C13H17Br2NS. The SMILES string of the molecule is CCNC(c1cc(Br)c(Br)s1)C1C2CCCC21. The van der Waals surface area contributed by atoms with Gasteiger partial charge in [-0.25, -0.2) is 0 Å². The molecule has 1 aromatic rings. The Bertz CT molecular complexity index is 388. The maximum Gasteiger partial charge on any atom is 0.0843 e. The number of thiophene rings is 1. The zero-order valence-electron chi connectivity index (χ0n) is 9.88. The van der Waals surface area contributed by atoms with E-state index >= 15 is 0 Å². The summed E-state index contributed by atoms with van der Waals surface area (Å²) in [6.45, 7) is 3.27. The lowest BCUT2D eigenvalue weighted by Crippen LogP contribution is -2.23. The highest BCUT2D eigenvalue weighted by Gasteiger charge is 2.56. The minimum Gasteiger partial charge on any atom is -0.309 e. The van der Waals surface area contributed by atoms with Crippen LogP contribution < -0.4 is 5.32 Å². The van der Waals surface area contributed by atoms with E-state index in [1.165, 1.54) is 32.4 Å². The summed E-state index contributed by atoms with van der Waals surface area (Å²) in [6, 6.07) is 2.87. The van der Waals surface area contributed by atoms with Crippen LogP contribution in [0.4, 0.5) is 0 Å². The van der Waals surface area contributed by atoms with Crippen molar-refractivity contribution < 1.29 is 0 Å². The van der Waals surface area contributed by atoms with Gasteiger partial charge in [0.2, 0.25) is 0 Å². The Morgan fingerprint density at radius 3 is 2.65 bits per heavy atom. The minimum absolute atomic E-state index is 0.586. The van der Waals surface area contributed by atoms with E-state index in [1.54, 1.807) is 0 Å². The van der Waals surface area contributed by atoms with Gasteiger partial charge < -0.3 is 5.32 Å². The largest absolute Gasteiger partial charge is 0.309 e. The van der Waals surface area contributed by atoms with E-state index in [-0.39, 0.29) is 0 Å². The Labute approximate surface area is 124 Å². The van der Waals surface area contributed by atoms with Crippen LogP contribution in [0.25, 0.3) is 0 Å². The van der Waals surface area contributed by atoms with Crippen molar-refractivity contribution in [3.05, 3.63) is 19.2 Å². The predicted molar refractivity (Wildman–Crippen MR) is 80.5 cm³/mol. The van der Waals surface area contributed by atoms with Gasteiger partial charge in [0.25, 0.3) is 0 Å². The maximum absolute atomic E-state index is 3.70. The van der Waals surface area contributed by atoms with E-state index in [0.29, 0.717) is 6.04 Å².